The van der Waals surface area contributed by atoms with Gasteiger partial charge in [0.05, 0.1) is 17.2 Å². The number of anilines is 1. The van der Waals surface area contributed by atoms with Crippen molar-refractivity contribution in [3.8, 4) is 12.1 Å². The molecule has 4 N–H and O–H groups in total. The average Bonchev–Trinajstić information content (AvgIpc) is 2.39. The minimum Gasteiger partial charge on any atom is -0.382 e. The van der Waals surface area contributed by atoms with Crippen LogP contribution in [0.25, 0.3) is 0 Å². The highest BCUT2D eigenvalue weighted by Gasteiger charge is 2.19. The Morgan fingerprint density at radius 2 is 2.11 bits per heavy atom. The van der Waals surface area contributed by atoms with Gasteiger partial charge in [0.2, 0.25) is 5.71 Å². The fraction of sp³-hybridized carbons (Fsp3) is 0.231. The highest BCUT2D eigenvalue weighted by Crippen LogP contribution is 2.24. The van der Waals surface area contributed by atoms with Crippen molar-refractivity contribution >= 4 is 17.2 Å². The summed E-state index contributed by atoms with van der Waals surface area (Å²) < 4.78 is 0. The predicted molar refractivity (Wildman–Crippen MR) is 73.7 cm³/mol. The molecule has 19 heavy (non-hydrogen) atoms. The first-order valence-corrected chi connectivity index (χ1v) is 5.50. The third-order valence-electron chi connectivity index (χ3n) is 2.52. The number of nitriles is 2. The predicted octanol–water partition coefficient (Wildman–Crippen LogP) is 1.72. The Labute approximate surface area is 111 Å². The Morgan fingerprint density at radius 1 is 1.42 bits per heavy atom. The third-order valence-corrected chi connectivity index (χ3v) is 2.52. The van der Waals surface area contributed by atoms with E-state index in [0.717, 1.165) is 5.56 Å². The number of hydrogen-bond acceptors (Lipinski definition) is 5. The van der Waals surface area contributed by atoms with E-state index in [1.807, 2.05) is 19.9 Å². The number of amidine groups is 1. The maximum atomic E-state index is 9.08. The van der Waals surface area contributed by atoms with Crippen LogP contribution in [0.5, 0.6) is 0 Å². The molecular weight excluding hydrogens is 240 g/mol. The van der Waals surface area contributed by atoms with E-state index in [2.05, 4.69) is 16.6 Å². The Hall–Kier alpha value is -2.86. The molecule has 0 bridgehead atoms. The SMILES string of the molecule is CC(C)(C#N)c1cccc(N/N=C(\C#N)C(=N)N)c1. The second-order valence-corrected chi connectivity index (χ2v) is 4.42. The second-order valence-electron chi connectivity index (χ2n) is 4.42. The quantitative estimate of drug-likeness (QED) is 0.430. The van der Waals surface area contributed by atoms with Crippen LogP contribution < -0.4 is 11.2 Å². The molecule has 1 aromatic carbocycles. The zero-order valence-electron chi connectivity index (χ0n) is 10.7. The van der Waals surface area contributed by atoms with Crippen molar-refractivity contribution < 1.29 is 0 Å². The number of nitrogens with one attached hydrogen (secondary N) is 2. The molecular formula is C13H14N6. The molecule has 6 nitrogen and oxygen atoms in total. The van der Waals surface area contributed by atoms with Gasteiger partial charge in [0.1, 0.15) is 6.07 Å². The monoisotopic (exact) mass is 254 g/mol. The van der Waals surface area contributed by atoms with Gasteiger partial charge in [0.15, 0.2) is 5.84 Å². The van der Waals surface area contributed by atoms with E-state index in [1.54, 1.807) is 24.3 Å². The fourth-order valence-corrected chi connectivity index (χ4v) is 1.31. The largest absolute Gasteiger partial charge is 0.382 e. The summed E-state index contributed by atoms with van der Waals surface area (Å²) in [5, 5.41) is 28.7. The lowest BCUT2D eigenvalue weighted by Gasteiger charge is -2.16. The standard InChI is InChI=1S/C13H14N6/c1-13(2,8-15)9-4-3-5-10(6-9)18-19-11(7-14)12(16)17/h3-6,18H,1-2H3,(H3,16,17)/b19-11+. The van der Waals surface area contributed by atoms with Crippen LogP contribution in [0.2, 0.25) is 0 Å². The molecule has 0 saturated carbocycles. The van der Waals surface area contributed by atoms with Crippen molar-refractivity contribution in [2.24, 2.45) is 10.8 Å². The highest BCUT2D eigenvalue weighted by atomic mass is 15.3. The van der Waals surface area contributed by atoms with Gasteiger partial charge in [-0.2, -0.15) is 15.6 Å². The molecule has 0 atom stereocenters. The smallest absolute Gasteiger partial charge is 0.201 e. The van der Waals surface area contributed by atoms with Gasteiger partial charge in [0.25, 0.3) is 0 Å². The first-order valence-electron chi connectivity index (χ1n) is 5.50. The van der Waals surface area contributed by atoms with Gasteiger partial charge in [0, 0.05) is 0 Å². The van der Waals surface area contributed by atoms with Crippen LogP contribution in [0.4, 0.5) is 5.69 Å². The van der Waals surface area contributed by atoms with E-state index in [1.165, 1.54) is 0 Å². The molecule has 0 spiro atoms. The lowest BCUT2D eigenvalue weighted by molar-refractivity contribution is 0.687. The Balaban J connectivity index is 3.01. The number of hydrogen-bond donors (Lipinski definition) is 3. The van der Waals surface area contributed by atoms with Gasteiger partial charge in [-0.15, -0.1) is 0 Å². The van der Waals surface area contributed by atoms with Gasteiger partial charge < -0.3 is 5.73 Å². The molecule has 0 fully saturated rings. The normalized spacial score (nSPS) is 11.3. The number of nitrogens with two attached hydrogens (primary N) is 1. The van der Waals surface area contributed by atoms with Crippen LogP contribution in [0.15, 0.2) is 29.4 Å². The summed E-state index contributed by atoms with van der Waals surface area (Å²) in [7, 11) is 0. The number of rotatable bonds is 4. The van der Waals surface area contributed by atoms with Crippen LogP contribution in [-0.4, -0.2) is 11.5 Å². The first kappa shape index (κ1) is 14.2. The maximum absolute atomic E-state index is 9.08. The molecule has 1 rings (SSSR count). The molecule has 0 aliphatic heterocycles. The molecule has 0 unspecified atom stereocenters. The number of nitrogens with zero attached hydrogens (tertiary/aromatic N) is 3. The summed E-state index contributed by atoms with van der Waals surface area (Å²) in [4.78, 5) is 0. The van der Waals surface area contributed by atoms with Gasteiger partial charge in [-0.1, -0.05) is 12.1 Å². The minimum absolute atomic E-state index is 0.190. The van der Waals surface area contributed by atoms with Gasteiger partial charge in [-0.25, -0.2) is 0 Å². The Bertz CT molecular complexity index is 600. The van der Waals surface area contributed by atoms with E-state index >= 15 is 0 Å². The van der Waals surface area contributed by atoms with Crippen LogP contribution in [0.1, 0.15) is 19.4 Å². The summed E-state index contributed by atoms with van der Waals surface area (Å²) in [6.45, 7) is 3.62. The summed E-state index contributed by atoms with van der Waals surface area (Å²) in [5.41, 5.74) is 8.48. The summed E-state index contributed by atoms with van der Waals surface area (Å²) in [5.74, 6) is -0.400. The highest BCUT2D eigenvalue weighted by molar-refractivity contribution is 6.45. The zero-order chi connectivity index (χ0) is 14.5. The molecule has 0 aliphatic rings. The topological polar surface area (TPSA) is 122 Å². The van der Waals surface area contributed by atoms with E-state index in [4.69, 9.17) is 21.7 Å². The van der Waals surface area contributed by atoms with E-state index in [9.17, 15) is 0 Å². The van der Waals surface area contributed by atoms with Crippen molar-refractivity contribution in [1.82, 2.24) is 0 Å². The molecule has 96 valence electrons. The molecule has 0 heterocycles. The van der Waals surface area contributed by atoms with Gasteiger partial charge in [-0.05, 0) is 31.5 Å². The van der Waals surface area contributed by atoms with Crippen molar-refractivity contribution in [3.63, 3.8) is 0 Å². The lowest BCUT2D eigenvalue weighted by atomic mass is 9.86. The van der Waals surface area contributed by atoms with Crippen LogP contribution >= 0.6 is 0 Å². The van der Waals surface area contributed by atoms with E-state index in [-0.39, 0.29) is 5.71 Å². The lowest BCUT2D eigenvalue weighted by Crippen LogP contribution is -2.22. The van der Waals surface area contributed by atoms with E-state index < -0.39 is 11.3 Å². The second kappa shape index (κ2) is 5.65. The summed E-state index contributed by atoms with van der Waals surface area (Å²) >= 11 is 0. The molecule has 0 aromatic heterocycles. The molecule has 1 aromatic rings. The summed E-state index contributed by atoms with van der Waals surface area (Å²) in [6.07, 6.45) is 0. The first-order chi connectivity index (χ1) is 8.90. The maximum Gasteiger partial charge on any atom is 0.201 e. The third kappa shape index (κ3) is 3.55. The average molecular weight is 254 g/mol. The van der Waals surface area contributed by atoms with Crippen LogP contribution in [0.3, 0.4) is 0 Å². The van der Waals surface area contributed by atoms with Gasteiger partial charge >= 0.3 is 0 Å². The number of benzene rings is 1. The number of hydrazone groups is 1. The fourth-order valence-electron chi connectivity index (χ4n) is 1.31. The Morgan fingerprint density at radius 3 is 2.63 bits per heavy atom. The van der Waals surface area contributed by atoms with E-state index in [0.29, 0.717) is 5.69 Å². The van der Waals surface area contributed by atoms with Crippen LogP contribution in [0, 0.1) is 28.1 Å². The molecule has 0 saturated heterocycles. The molecule has 0 amide bonds. The van der Waals surface area contributed by atoms with Crippen molar-refractivity contribution in [2.75, 3.05) is 5.43 Å². The molecule has 6 heteroatoms. The van der Waals surface area contributed by atoms with Gasteiger partial charge in [-0.3, -0.25) is 10.8 Å². The minimum atomic E-state index is -0.611. The van der Waals surface area contributed by atoms with Crippen molar-refractivity contribution in [2.45, 2.75) is 19.3 Å². The van der Waals surface area contributed by atoms with Crippen molar-refractivity contribution in [3.05, 3.63) is 29.8 Å². The van der Waals surface area contributed by atoms with Crippen LogP contribution in [-0.2, 0) is 5.41 Å². The van der Waals surface area contributed by atoms with Crippen molar-refractivity contribution in [1.29, 1.82) is 15.9 Å². The Kier molecular flexibility index (Phi) is 4.23. The zero-order valence-corrected chi connectivity index (χ0v) is 10.7. The molecule has 0 radical (unpaired) electrons. The summed E-state index contributed by atoms with van der Waals surface area (Å²) in [6, 6.07) is 11.1. The molecule has 0 aliphatic carbocycles.